The summed E-state index contributed by atoms with van der Waals surface area (Å²) in [5, 5.41) is 0. The molecule has 1 amide bonds. The van der Waals surface area contributed by atoms with Crippen LogP contribution in [-0.4, -0.2) is 31.2 Å². The minimum atomic E-state index is -0.188. The van der Waals surface area contributed by atoms with E-state index in [0.717, 1.165) is 5.57 Å². The van der Waals surface area contributed by atoms with Gasteiger partial charge in [-0.15, -0.1) is 0 Å². The first-order valence-electron chi connectivity index (χ1n) is 4.39. The first kappa shape index (κ1) is 10.3. The lowest BCUT2D eigenvalue weighted by atomic mass is 9.86. The standard InChI is InChI=1S/C10H17NO2/c1-10(2,3)7-6-8(12)11(4)9(7)13-5/h6,9H,1-5H3. The van der Waals surface area contributed by atoms with Gasteiger partial charge in [-0.2, -0.15) is 0 Å². The van der Waals surface area contributed by atoms with Crippen LogP contribution in [0.15, 0.2) is 11.6 Å². The van der Waals surface area contributed by atoms with Crippen LogP contribution in [0.4, 0.5) is 0 Å². The smallest absolute Gasteiger partial charge is 0.248 e. The van der Waals surface area contributed by atoms with E-state index in [-0.39, 0.29) is 17.6 Å². The molecule has 1 aliphatic heterocycles. The molecular weight excluding hydrogens is 166 g/mol. The summed E-state index contributed by atoms with van der Waals surface area (Å²) in [6, 6.07) is 0. The van der Waals surface area contributed by atoms with Crippen LogP contribution in [0.5, 0.6) is 0 Å². The number of hydrogen-bond donors (Lipinski definition) is 0. The molecule has 1 unspecified atom stereocenters. The molecule has 1 rings (SSSR count). The van der Waals surface area contributed by atoms with Crippen molar-refractivity contribution >= 4 is 5.91 Å². The Morgan fingerprint density at radius 2 is 2.00 bits per heavy atom. The van der Waals surface area contributed by atoms with Crippen LogP contribution in [0.3, 0.4) is 0 Å². The lowest BCUT2D eigenvalue weighted by Gasteiger charge is -2.28. The van der Waals surface area contributed by atoms with Crippen molar-refractivity contribution in [1.29, 1.82) is 0 Å². The molecule has 0 aromatic carbocycles. The van der Waals surface area contributed by atoms with Gasteiger partial charge in [-0.3, -0.25) is 4.79 Å². The number of carbonyl (C=O) groups excluding carboxylic acids is 1. The van der Waals surface area contributed by atoms with Gasteiger partial charge < -0.3 is 9.64 Å². The molecule has 1 aliphatic rings. The zero-order chi connectivity index (χ0) is 10.2. The third kappa shape index (κ3) is 1.75. The van der Waals surface area contributed by atoms with Crippen molar-refractivity contribution in [2.75, 3.05) is 14.2 Å². The van der Waals surface area contributed by atoms with Gasteiger partial charge >= 0.3 is 0 Å². The van der Waals surface area contributed by atoms with Gasteiger partial charge in [0.25, 0.3) is 0 Å². The molecule has 0 aromatic heterocycles. The predicted octanol–water partition coefficient (Wildman–Crippen LogP) is 1.40. The Kier molecular flexibility index (Phi) is 2.48. The Bertz CT molecular complexity index is 250. The van der Waals surface area contributed by atoms with E-state index in [1.54, 1.807) is 25.1 Å². The molecule has 74 valence electrons. The van der Waals surface area contributed by atoms with Gasteiger partial charge in [-0.25, -0.2) is 0 Å². The highest BCUT2D eigenvalue weighted by atomic mass is 16.5. The normalized spacial score (nSPS) is 23.8. The zero-order valence-corrected chi connectivity index (χ0v) is 8.92. The minimum absolute atomic E-state index is 0.0128. The average molecular weight is 183 g/mol. The average Bonchev–Trinajstić information content (AvgIpc) is 2.28. The first-order chi connectivity index (χ1) is 5.88. The molecule has 0 saturated carbocycles. The summed E-state index contributed by atoms with van der Waals surface area (Å²) in [7, 11) is 3.38. The lowest BCUT2D eigenvalue weighted by molar-refractivity contribution is -0.130. The number of amides is 1. The molecular formula is C10H17NO2. The van der Waals surface area contributed by atoms with Crippen LogP contribution in [0, 0.1) is 5.41 Å². The second kappa shape index (κ2) is 3.14. The van der Waals surface area contributed by atoms with Gasteiger partial charge in [0, 0.05) is 20.2 Å². The summed E-state index contributed by atoms with van der Waals surface area (Å²) in [4.78, 5) is 13.0. The quantitative estimate of drug-likeness (QED) is 0.615. The highest BCUT2D eigenvalue weighted by molar-refractivity contribution is 5.91. The predicted molar refractivity (Wildman–Crippen MR) is 51.1 cm³/mol. The number of hydrogen-bond acceptors (Lipinski definition) is 2. The maximum absolute atomic E-state index is 11.4. The molecule has 1 atom stereocenters. The highest BCUT2D eigenvalue weighted by Gasteiger charge is 2.35. The van der Waals surface area contributed by atoms with Crippen molar-refractivity contribution in [3.8, 4) is 0 Å². The van der Waals surface area contributed by atoms with E-state index in [4.69, 9.17) is 4.74 Å². The molecule has 3 nitrogen and oxygen atoms in total. The minimum Gasteiger partial charge on any atom is -0.357 e. The van der Waals surface area contributed by atoms with Crippen LogP contribution >= 0.6 is 0 Å². The van der Waals surface area contributed by atoms with Crippen molar-refractivity contribution in [2.45, 2.75) is 27.0 Å². The van der Waals surface area contributed by atoms with Gasteiger partial charge in [0.1, 0.15) is 0 Å². The van der Waals surface area contributed by atoms with Gasteiger partial charge in [0.2, 0.25) is 5.91 Å². The third-order valence-corrected chi connectivity index (χ3v) is 2.33. The van der Waals surface area contributed by atoms with Crippen molar-refractivity contribution in [2.24, 2.45) is 5.41 Å². The SMILES string of the molecule is COC1C(C(C)(C)C)=CC(=O)N1C. The number of likely N-dealkylation sites (N-methyl/N-ethyl adjacent to an activating group) is 1. The molecule has 0 radical (unpaired) electrons. The van der Waals surface area contributed by atoms with E-state index < -0.39 is 0 Å². The van der Waals surface area contributed by atoms with E-state index in [0.29, 0.717) is 0 Å². The molecule has 0 spiro atoms. The largest absolute Gasteiger partial charge is 0.357 e. The van der Waals surface area contributed by atoms with Gasteiger partial charge in [-0.1, -0.05) is 20.8 Å². The first-order valence-corrected chi connectivity index (χ1v) is 4.39. The number of carbonyl (C=O) groups is 1. The second-order valence-electron chi connectivity index (χ2n) is 4.39. The summed E-state index contributed by atoms with van der Waals surface area (Å²) in [5.74, 6) is 0.0248. The van der Waals surface area contributed by atoms with Crippen molar-refractivity contribution in [3.05, 3.63) is 11.6 Å². The molecule has 0 bridgehead atoms. The highest BCUT2D eigenvalue weighted by Crippen LogP contribution is 2.33. The Morgan fingerprint density at radius 3 is 2.31 bits per heavy atom. The fourth-order valence-corrected chi connectivity index (χ4v) is 1.50. The molecule has 0 saturated heterocycles. The van der Waals surface area contributed by atoms with Crippen molar-refractivity contribution in [3.63, 3.8) is 0 Å². The number of rotatable bonds is 1. The van der Waals surface area contributed by atoms with Crippen molar-refractivity contribution < 1.29 is 9.53 Å². The fraction of sp³-hybridized carbons (Fsp3) is 0.700. The zero-order valence-electron chi connectivity index (χ0n) is 8.92. The fourth-order valence-electron chi connectivity index (χ4n) is 1.50. The van der Waals surface area contributed by atoms with E-state index in [2.05, 4.69) is 20.8 Å². The Balaban J connectivity index is 2.97. The maximum Gasteiger partial charge on any atom is 0.248 e. The summed E-state index contributed by atoms with van der Waals surface area (Å²) in [6.45, 7) is 6.24. The van der Waals surface area contributed by atoms with Crippen LogP contribution in [-0.2, 0) is 9.53 Å². The Morgan fingerprint density at radius 1 is 1.46 bits per heavy atom. The summed E-state index contributed by atoms with van der Waals surface area (Å²) in [6.07, 6.45) is 1.49. The molecule has 0 fully saturated rings. The van der Waals surface area contributed by atoms with Gasteiger partial charge in [-0.05, 0) is 11.0 Å². The number of ether oxygens (including phenoxy) is 1. The Labute approximate surface area is 79.4 Å². The summed E-state index contributed by atoms with van der Waals surface area (Å²) in [5.41, 5.74) is 1.03. The van der Waals surface area contributed by atoms with Gasteiger partial charge in [0.15, 0.2) is 6.23 Å². The topological polar surface area (TPSA) is 29.5 Å². The molecule has 1 heterocycles. The monoisotopic (exact) mass is 183 g/mol. The van der Waals surface area contributed by atoms with Crippen LogP contribution in [0.25, 0.3) is 0 Å². The Hall–Kier alpha value is -0.830. The summed E-state index contributed by atoms with van der Waals surface area (Å²) >= 11 is 0. The molecule has 13 heavy (non-hydrogen) atoms. The van der Waals surface area contributed by atoms with E-state index in [1.807, 2.05) is 0 Å². The summed E-state index contributed by atoms with van der Waals surface area (Å²) < 4.78 is 5.27. The molecule has 3 heteroatoms. The van der Waals surface area contributed by atoms with E-state index in [1.165, 1.54) is 0 Å². The maximum atomic E-state index is 11.4. The lowest BCUT2D eigenvalue weighted by Crippen LogP contribution is -2.35. The van der Waals surface area contributed by atoms with Gasteiger partial charge in [0.05, 0.1) is 0 Å². The molecule has 0 aliphatic carbocycles. The molecule has 0 N–H and O–H groups in total. The van der Waals surface area contributed by atoms with Crippen LogP contribution in [0.1, 0.15) is 20.8 Å². The number of methoxy groups -OCH3 is 1. The second-order valence-corrected chi connectivity index (χ2v) is 4.39. The number of nitrogens with zero attached hydrogens (tertiary/aromatic N) is 1. The van der Waals surface area contributed by atoms with Crippen LogP contribution in [0.2, 0.25) is 0 Å². The van der Waals surface area contributed by atoms with Crippen LogP contribution < -0.4 is 0 Å². The van der Waals surface area contributed by atoms with E-state index in [9.17, 15) is 4.79 Å². The molecule has 0 aromatic rings. The van der Waals surface area contributed by atoms with Crippen molar-refractivity contribution in [1.82, 2.24) is 4.90 Å². The third-order valence-electron chi connectivity index (χ3n) is 2.33. The van der Waals surface area contributed by atoms with E-state index >= 15 is 0 Å².